The van der Waals surface area contributed by atoms with Gasteiger partial charge in [0.05, 0.1) is 13.2 Å². The summed E-state index contributed by atoms with van der Waals surface area (Å²) in [7, 11) is 0. The molecule has 0 heterocycles. The zero-order valence-electron chi connectivity index (χ0n) is 17.1. The zero-order chi connectivity index (χ0) is 20.5. The summed E-state index contributed by atoms with van der Waals surface area (Å²) in [4.78, 5) is 12.3. The number of carbonyl (C=O) groups is 1. The molecule has 0 radical (unpaired) electrons. The zero-order valence-corrected chi connectivity index (χ0v) is 17.1. The lowest BCUT2D eigenvalue weighted by Crippen LogP contribution is -2.22. The Balaban J connectivity index is 1.45. The minimum atomic E-state index is -0.0906. The van der Waals surface area contributed by atoms with Crippen LogP contribution in [0.3, 0.4) is 0 Å². The fourth-order valence-corrected chi connectivity index (χ4v) is 3.08. The van der Waals surface area contributed by atoms with E-state index < -0.39 is 0 Å². The molecule has 0 aliphatic heterocycles. The van der Waals surface area contributed by atoms with Gasteiger partial charge in [-0.3, -0.25) is 4.79 Å². The first-order chi connectivity index (χ1) is 14.1. The number of anilines is 2. The van der Waals surface area contributed by atoms with Gasteiger partial charge in [0.25, 0.3) is 0 Å². The number of carbonyl (C=O) groups excluding carboxylic acids is 1. The molecule has 3 aromatic rings. The van der Waals surface area contributed by atoms with Crippen LogP contribution in [0.25, 0.3) is 0 Å². The van der Waals surface area contributed by atoms with E-state index in [0.717, 1.165) is 41.1 Å². The van der Waals surface area contributed by atoms with Gasteiger partial charge in [-0.2, -0.15) is 0 Å². The molecule has 3 aromatic carbocycles. The van der Waals surface area contributed by atoms with E-state index in [1.807, 2.05) is 56.3 Å². The fraction of sp³-hybridized carbons (Fsp3) is 0.240. The van der Waals surface area contributed by atoms with Crippen molar-refractivity contribution in [3.8, 4) is 5.75 Å². The van der Waals surface area contributed by atoms with E-state index in [0.29, 0.717) is 6.61 Å². The highest BCUT2D eigenvalue weighted by Crippen LogP contribution is 2.19. The van der Waals surface area contributed by atoms with Gasteiger partial charge in [0, 0.05) is 17.4 Å². The predicted octanol–water partition coefficient (Wildman–Crippen LogP) is 5.37. The molecule has 0 fully saturated rings. The van der Waals surface area contributed by atoms with Crippen LogP contribution in [0, 0.1) is 13.8 Å². The largest absolute Gasteiger partial charge is 0.494 e. The first-order valence-corrected chi connectivity index (χ1v) is 9.98. The molecule has 0 aliphatic rings. The van der Waals surface area contributed by atoms with Crippen LogP contribution >= 0.6 is 0 Å². The highest BCUT2D eigenvalue weighted by Gasteiger charge is 2.05. The summed E-state index contributed by atoms with van der Waals surface area (Å²) >= 11 is 0. The lowest BCUT2D eigenvalue weighted by Gasteiger charge is -2.12. The van der Waals surface area contributed by atoms with Crippen molar-refractivity contribution in [2.24, 2.45) is 0 Å². The molecular formula is C25H28N2O2. The maximum atomic E-state index is 12.3. The van der Waals surface area contributed by atoms with Crippen molar-refractivity contribution in [3.05, 3.63) is 89.5 Å². The van der Waals surface area contributed by atoms with Crippen LogP contribution in [0.4, 0.5) is 11.4 Å². The van der Waals surface area contributed by atoms with Crippen LogP contribution in [-0.2, 0) is 11.2 Å². The van der Waals surface area contributed by atoms with E-state index in [1.54, 1.807) is 0 Å². The fourth-order valence-electron chi connectivity index (χ4n) is 3.08. The van der Waals surface area contributed by atoms with E-state index in [9.17, 15) is 4.79 Å². The summed E-state index contributed by atoms with van der Waals surface area (Å²) in [6.07, 6.45) is 1.93. The van der Waals surface area contributed by atoms with Crippen LogP contribution in [0.15, 0.2) is 72.8 Å². The second-order valence-corrected chi connectivity index (χ2v) is 7.19. The summed E-state index contributed by atoms with van der Waals surface area (Å²) in [5.41, 5.74) is 5.31. The van der Waals surface area contributed by atoms with Crippen molar-refractivity contribution in [1.82, 2.24) is 0 Å². The molecule has 0 bridgehead atoms. The third-order valence-electron chi connectivity index (χ3n) is 4.67. The first kappa shape index (κ1) is 20.5. The van der Waals surface area contributed by atoms with Crippen molar-refractivity contribution in [1.29, 1.82) is 0 Å². The molecule has 0 saturated carbocycles. The van der Waals surface area contributed by atoms with Crippen molar-refractivity contribution >= 4 is 17.3 Å². The number of ether oxygens (including phenoxy) is 1. The van der Waals surface area contributed by atoms with Crippen molar-refractivity contribution < 1.29 is 9.53 Å². The highest BCUT2D eigenvalue weighted by atomic mass is 16.5. The second-order valence-electron chi connectivity index (χ2n) is 7.19. The number of amides is 1. The van der Waals surface area contributed by atoms with Gasteiger partial charge in [-0.1, -0.05) is 48.5 Å². The Morgan fingerprint density at radius 3 is 2.59 bits per heavy atom. The van der Waals surface area contributed by atoms with Crippen molar-refractivity contribution in [2.75, 3.05) is 23.8 Å². The van der Waals surface area contributed by atoms with E-state index >= 15 is 0 Å². The van der Waals surface area contributed by atoms with Gasteiger partial charge in [0.1, 0.15) is 5.75 Å². The van der Waals surface area contributed by atoms with Gasteiger partial charge in [0.2, 0.25) is 5.91 Å². The predicted molar refractivity (Wildman–Crippen MR) is 120 cm³/mol. The molecule has 29 heavy (non-hydrogen) atoms. The van der Waals surface area contributed by atoms with Gasteiger partial charge in [0.15, 0.2) is 0 Å². The van der Waals surface area contributed by atoms with E-state index in [1.165, 1.54) is 5.56 Å². The molecule has 0 unspecified atom stereocenters. The van der Waals surface area contributed by atoms with Crippen LogP contribution in [-0.4, -0.2) is 19.1 Å². The molecular weight excluding hydrogens is 360 g/mol. The van der Waals surface area contributed by atoms with Crippen LogP contribution in [0.1, 0.15) is 23.1 Å². The summed E-state index contributed by atoms with van der Waals surface area (Å²) in [6, 6.07) is 24.1. The summed E-state index contributed by atoms with van der Waals surface area (Å²) < 4.78 is 5.84. The van der Waals surface area contributed by atoms with E-state index in [2.05, 4.69) is 41.0 Å². The number of hydrogen-bond donors (Lipinski definition) is 2. The molecule has 0 aromatic heterocycles. The summed E-state index contributed by atoms with van der Waals surface area (Å²) in [6.45, 7) is 4.92. The molecule has 0 aliphatic carbocycles. The van der Waals surface area contributed by atoms with Gasteiger partial charge in [-0.15, -0.1) is 0 Å². The Bertz CT molecular complexity index is 939. The smallest absolute Gasteiger partial charge is 0.243 e. The molecule has 0 atom stereocenters. The van der Waals surface area contributed by atoms with Crippen molar-refractivity contribution in [3.63, 3.8) is 0 Å². The minimum Gasteiger partial charge on any atom is -0.494 e. The van der Waals surface area contributed by atoms with E-state index in [4.69, 9.17) is 4.74 Å². The third kappa shape index (κ3) is 6.68. The average Bonchev–Trinajstić information content (AvgIpc) is 2.73. The monoisotopic (exact) mass is 388 g/mol. The third-order valence-corrected chi connectivity index (χ3v) is 4.67. The van der Waals surface area contributed by atoms with Crippen molar-refractivity contribution in [2.45, 2.75) is 26.7 Å². The highest BCUT2D eigenvalue weighted by molar-refractivity contribution is 5.94. The SMILES string of the molecule is Cc1ccc(C)c(NCC(=O)Nc2cccc(OCCCc3ccccc3)c2)c1. The topological polar surface area (TPSA) is 50.4 Å². The molecule has 0 spiro atoms. The Hall–Kier alpha value is -3.27. The molecule has 0 saturated heterocycles. The average molecular weight is 389 g/mol. The summed E-state index contributed by atoms with van der Waals surface area (Å²) in [5, 5.41) is 6.12. The maximum Gasteiger partial charge on any atom is 0.243 e. The van der Waals surface area contributed by atoms with Crippen LogP contribution in [0.5, 0.6) is 5.75 Å². The normalized spacial score (nSPS) is 10.4. The number of rotatable bonds is 9. The molecule has 2 N–H and O–H groups in total. The Morgan fingerprint density at radius 2 is 1.76 bits per heavy atom. The molecule has 4 heteroatoms. The lowest BCUT2D eigenvalue weighted by molar-refractivity contribution is -0.114. The van der Waals surface area contributed by atoms with Gasteiger partial charge < -0.3 is 15.4 Å². The lowest BCUT2D eigenvalue weighted by atomic mass is 10.1. The number of benzene rings is 3. The molecule has 1 amide bonds. The molecule has 3 rings (SSSR count). The molecule has 4 nitrogen and oxygen atoms in total. The van der Waals surface area contributed by atoms with Gasteiger partial charge >= 0.3 is 0 Å². The minimum absolute atomic E-state index is 0.0906. The number of hydrogen-bond acceptors (Lipinski definition) is 3. The Morgan fingerprint density at radius 1 is 0.931 bits per heavy atom. The number of aryl methyl sites for hydroxylation is 3. The Labute approximate surface area is 172 Å². The van der Waals surface area contributed by atoms with Gasteiger partial charge in [-0.05, 0) is 61.6 Å². The second kappa shape index (κ2) is 10.3. The first-order valence-electron chi connectivity index (χ1n) is 9.98. The molecule has 150 valence electrons. The standard InChI is InChI=1S/C25H28N2O2/c1-19-13-14-20(2)24(16-19)26-18-25(28)27-22-11-6-12-23(17-22)29-15-7-10-21-8-4-3-5-9-21/h3-6,8-9,11-14,16-17,26H,7,10,15,18H2,1-2H3,(H,27,28). The van der Waals surface area contributed by atoms with Gasteiger partial charge in [-0.25, -0.2) is 0 Å². The van der Waals surface area contributed by atoms with Crippen LogP contribution in [0.2, 0.25) is 0 Å². The summed E-state index contributed by atoms with van der Waals surface area (Å²) in [5.74, 6) is 0.672. The van der Waals surface area contributed by atoms with Crippen LogP contribution < -0.4 is 15.4 Å². The quantitative estimate of drug-likeness (QED) is 0.485. The number of nitrogens with one attached hydrogen (secondary N) is 2. The maximum absolute atomic E-state index is 12.3. The Kier molecular flexibility index (Phi) is 7.28. The van der Waals surface area contributed by atoms with E-state index in [-0.39, 0.29) is 12.5 Å².